The van der Waals surface area contributed by atoms with Crippen molar-refractivity contribution >= 4 is 5.91 Å². The van der Waals surface area contributed by atoms with E-state index in [1.54, 1.807) is 11.9 Å². The molecule has 0 unspecified atom stereocenters. The maximum Gasteiger partial charge on any atom is 0.236 e. The smallest absolute Gasteiger partial charge is 0.236 e. The minimum Gasteiger partial charge on any atom is -0.464 e. The van der Waals surface area contributed by atoms with Gasteiger partial charge in [0.25, 0.3) is 0 Å². The largest absolute Gasteiger partial charge is 0.464 e. The molecule has 1 heterocycles. The summed E-state index contributed by atoms with van der Waals surface area (Å²) in [7, 11) is 3.66. The molecule has 0 atom stereocenters. The maximum absolute atomic E-state index is 12.2. The van der Waals surface area contributed by atoms with Crippen LogP contribution in [-0.4, -0.2) is 53.6 Å². The van der Waals surface area contributed by atoms with Crippen LogP contribution in [0.25, 0.3) is 0 Å². The van der Waals surface area contributed by atoms with E-state index in [4.69, 9.17) is 4.42 Å². The van der Waals surface area contributed by atoms with Gasteiger partial charge in [0, 0.05) is 13.6 Å². The fourth-order valence-corrected chi connectivity index (χ4v) is 2.99. The van der Waals surface area contributed by atoms with Gasteiger partial charge in [0.05, 0.1) is 18.7 Å². The number of amides is 1. The van der Waals surface area contributed by atoms with Crippen molar-refractivity contribution in [3.8, 4) is 0 Å². The average Bonchev–Trinajstić information content (AvgIpc) is 2.98. The van der Waals surface area contributed by atoms with Gasteiger partial charge in [0.15, 0.2) is 0 Å². The molecule has 1 amide bonds. The Labute approximate surface area is 126 Å². The Bertz CT molecular complexity index is 478. The van der Waals surface area contributed by atoms with E-state index in [0.717, 1.165) is 37.2 Å². The normalized spacial score (nSPS) is 17.4. The van der Waals surface area contributed by atoms with Crippen LogP contribution in [0.2, 0.25) is 0 Å². The quantitative estimate of drug-likeness (QED) is 0.869. The number of carbonyl (C=O) groups excluding carboxylic acids is 1. The monoisotopic (exact) mass is 294 g/mol. The van der Waals surface area contributed by atoms with Crippen molar-refractivity contribution < 1.29 is 14.3 Å². The molecule has 0 bridgehead atoms. The Morgan fingerprint density at radius 2 is 2.00 bits per heavy atom. The molecule has 1 saturated carbocycles. The molecule has 0 aliphatic heterocycles. The van der Waals surface area contributed by atoms with Crippen molar-refractivity contribution in [1.29, 1.82) is 0 Å². The first-order valence-electron chi connectivity index (χ1n) is 7.58. The number of hydrogen-bond acceptors (Lipinski definition) is 4. The molecule has 1 aliphatic carbocycles. The van der Waals surface area contributed by atoms with E-state index in [0.29, 0.717) is 19.6 Å². The molecular weight excluding hydrogens is 268 g/mol. The highest BCUT2D eigenvalue weighted by molar-refractivity contribution is 5.77. The van der Waals surface area contributed by atoms with Crippen molar-refractivity contribution in [2.75, 3.05) is 27.2 Å². The zero-order valence-electron chi connectivity index (χ0n) is 13.3. The van der Waals surface area contributed by atoms with E-state index in [2.05, 4.69) is 0 Å². The molecule has 0 saturated heterocycles. The number of rotatable bonds is 6. The third-order valence-electron chi connectivity index (χ3n) is 4.12. The predicted octanol–water partition coefficient (Wildman–Crippen LogP) is 1.78. The average molecular weight is 294 g/mol. The maximum atomic E-state index is 12.2. The van der Waals surface area contributed by atoms with Crippen molar-refractivity contribution in [2.24, 2.45) is 0 Å². The highest BCUT2D eigenvalue weighted by Gasteiger charge is 2.32. The number of furan rings is 1. The molecule has 5 heteroatoms. The standard InChI is InChI=1S/C16H26N2O3/c1-13-6-7-14(21-13)10-18(3)15(19)11-17(2)12-16(20)8-4-5-9-16/h6-7,20H,4-5,8-12H2,1-3H3. The van der Waals surface area contributed by atoms with Crippen LogP contribution in [0.1, 0.15) is 37.2 Å². The second kappa shape index (κ2) is 6.62. The van der Waals surface area contributed by atoms with Crippen LogP contribution in [0.5, 0.6) is 0 Å². The zero-order chi connectivity index (χ0) is 15.5. The van der Waals surface area contributed by atoms with E-state index >= 15 is 0 Å². The van der Waals surface area contributed by atoms with Gasteiger partial charge in [-0.3, -0.25) is 9.69 Å². The summed E-state index contributed by atoms with van der Waals surface area (Å²) < 4.78 is 5.49. The van der Waals surface area contributed by atoms with E-state index in [-0.39, 0.29) is 5.91 Å². The third-order valence-corrected chi connectivity index (χ3v) is 4.12. The summed E-state index contributed by atoms with van der Waals surface area (Å²) >= 11 is 0. The molecule has 5 nitrogen and oxygen atoms in total. The summed E-state index contributed by atoms with van der Waals surface area (Å²) in [6.45, 7) is 3.25. The molecular formula is C16H26N2O3. The first-order valence-corrected chi connectivity index (χ1v) is 7.58. The number of aliphatic hydroxyl groups is 1. The van der Waals surface area contributed by atoms with Gasteiger partial charge in [-0.05, 0) is 38.9 Å². The summed E-state index contributed by atoms with van der Waals surface area (Å²) in [5.74, 6) is 1.68. The van der Waals surface area contributed by atoms with Crippen LogP contribution in [-0.2, 0) is 11.3 Å². The second-order valence-corrected chi connectivity index (χ2v) is 6.37. The van der Waals surface area contributed by atoms with Crippen LogP contribution in [0.15, 0.2) is 16.5 Å². The lowest BCUT2D eigenvalue weighted by Crippen LogP contribution is -2.43. The number of carbonyl (C=O) groups is 1. The first-order chi connectivity index (χ1) is 9.88. The lowest BCUT2D eigenvalue weighted by molar-refractivity contribution is -0.132. The van der Waals surface area contributed by atoms with Crippen LogP contribution in [0, 0.1) is 6.92 Å². The van der Waals surface area contributed by atoms with Gasteiger partial charge in [0.2, 0.25) is 5.91 Å². The number of nitrogens with zero attached hydrogens (tertiary/aromatic N) is 2. The van der Waals surface area contributed by atoms with Crippen LogP contribution in [0.3, 0.4) is 0 Å². The Morgan fingerprint density at radius 3 is 2.57 bits per heavy atom. The van der Waals surface area contributed by atoms with Crippen molar-refractivity contribution in [3.63, 3.8) is 0 Å². The SMILES string of the molecule is Cc1ccc(CN(C)C(=O)CN(C)CC2(O)CCCC2)o1. The molecule has 0 radical (unpaired) electrons. The second-order valence-electron chi connectivity index (χ2n) is 6.37. The molecule has 0 spiro atoms. The summed E-state index contributed by atoms with van der Waals surface area (Å²) in [5, 5.41) is 10.4. The predicted molar refractivity (Wildman–Crippen MR) is 80.8 cm³/mol. The van der Waals surface area contributed by atoms with Gasteiger partial charge < -0.3 is 14.4 Å². The number of aryl methyl sites for hydroxylation is 1. The number of likely N-dealkylation sites (N-methyl/N-ethyl adjacent to an activating group) is 2. The van der Waals surface area contributed by atoms with Crippen molar-refractivity contribution in [3.05, 3.63) is 23.7 Å². The van der Waals surface area contributed by atoms with E-state index < -0.39 is 5.60 Å². The summed E-state index contributed by atoms with van der Waals surface area (Å²) in [5.41, 5.74) is -0.605. The third kappa shape index (κ3) is 4.58. The summed E-state index contributed by atoms with van der Waals surface area (Å²) in [6.07, 6.45) is 3.84. The molecule has 1 N–H and O–H groups in total. The fraction of sp³-hybridized carbons (Fsp3) is 0.688. The lowest BCUT2D eigenvalue weighted by Gasteiger charge is -2.29. The van der Waals surface area contributed by atoms with Gasteiger partial charge >= 0.3 is 0 Å². The van der Waals surface area contributed by atoms with Crippen molar-refractivity contribution in [2.45, 2.75) is 44.8 Å². The van der Waals surface area contributed by atoms with Crippen LogP contribution >= 0.6 is 0 Å². The molecule has 1 aromatic rings. The zero-order valence-corrected chi connectivity index (χ0v) is 13.3. The van der Waals surface area contributed by atoms with Gasteiger partial charge in [-0.2, -0.15) is 0 Å². The Kier molecular flexibility index (Phi) is 5.06. The molecule has 1 fully saturated rings. The Hall–Kier alpha value is -1.33. The molecule has 118 valence electrons. The highest BCUT2D eigenvalue weighted by atomic mass is 16.3. The van der Waals surface area contributed by atoms with Gasteiger partial charge in [-0.25, -0.2) is 0 Å². The lowest BCUT2D eigenvalue weighted by atomic mass is 10.0. The van der Waals surface area contributed by atoms with Crippen molar-refractivity contribution in [1.82, 2.24) is 9.80 Å². The number of hydrogen-bond donors (Lipinski definition) is 1. The first kappa shape index (κ1) is 16.0. The molecule has 2 rings (SSSR count). The van der Waals surface area contributed by atoms with Crippen LogP contribution in [0.4, 0.5) is 0 Å². The van der Waals surface area contributed by atoms with Crippen LogP contribution < -0.4 is 0 Å². The van der Waals surface area contributed by atoms with E-state index in [9.17, 15) is 9.90 Å². The topological polar surface area (TPSA) is 56.9 Å². The Balaban J connectivity index is 1.79. The minimum atomic E-state index is -0.605. The molecule has 21 heavy (non-hydrogen) atoms. The minimum absolute atomic E-state index is 0.0353. The molecule has 1 aliphatic rings. The molecule has 0 aromatic carbocycles. The Morgan fingerprint density at radius 1 is 1.33 bits per heavy atom. The molecule has 1 aromatic heterocycles. The van der Waals surface area contributed by atoms with Gasteiger partial charge in [0.1, 0.15) is 11.5 Å². The van der Waals surface area contributed by atoms with E-state index in [1.807, 2.05) is 31.0 Å². The summed E-state index contributed by atoms with van der Waals surface area (Å²) in [6, 6.07) is 3.79. The van der Waals surface area contributed by atoms with E-state index in [1.165, 1.54) is 0 Å². The highest BCUT2D eigenvalue weighted by Crippen LogP contribution is 2.29. The van der Waals surface area contributed by atoms with Gasteiger partial charge in [-0.1, -0.05) is 12.8 Å². The summed E-state index contributed by atoms with van der Waals surface area (Å²) in [4.78, 5) is 15.8. The van der Waals surface area contributed by atoms with Gasteiger partial charge in [-0.15, -0.1) is 0 Å². The fourth-order valence-electron chi connectivity index (χ4n) is 2.99.